The first-order chi connectivity index (χ1) is 15.1. The number of rotatable bonds is 8. The number of hydrogen-bond donors (Lipinski definition) is 1. The molecule has 2 N–H and O–H groups in total. The van der Waals surface area contributed by atoms with Gasteiger partial charge in [-0.3, -0.25) is 9.78 Å². The molecular weight excluding hydrogens is 390 g/mol. The fraction of sp³-hybridized carbons (Fsp3) is 0.333. The van der Waals surface area contributed by atoms with Gasteiger partial charge in [0.2, 0.25) is 0 Å². The molecule has 160 valence electrons. The lowest BCUT2D eigenvalue weighted by molar-refractivity contribution is 0.0786. The van der Waals surface area contributed by atoms with Crippen LogP contribution in [0.2, 0.25) is 0 Å². The van der Waals surface area contributed by atoms with E-state index in [9.17, 15) is 4.79 Å². The molecule has 0 spiro atoms. The molecule has 0 unspecified atom stereocenters. The van der Waals surface area contributed by atoms with Gasteiger partial charge in [-0.15, -0.1) is 0 Å². The molecule has 4 rings (SSSR count). The van der Waals surface area contributed by atoms with Gasteiger partial charge in [0.15, 0.2) is 11.6 Å². The van der Waals surface area contributed by atoms with Crippen LogP contribution in [-0.2, 0) is 17.6 Å². The van der Waals surface area contributed by atoms with Crippen molar-refractivity contribution in [2.45, 2.75) is 32.3 Å². The van der Waals surface area contributed by atoms with Gasteiger partial charge >= 0.3 is 0 Å². The third-order valence-electron chi connectivity index (χ3n) is 5.60. The lowest BCUT2D eigenvalue weighted by atomic mass is 10.0. The lowest BCUT2D eigenvalue weighted by Gasteiger charge is -2.40. The minimum Gasteiger partial charge on any atom is -0.382 e. The lowest BCUT2D eigenvalue weighted by Crippen LogP contribution is -2.52. The van der Waals surface area contributed by atoms with Gasteiger partial charge in [-0.05, 0) is 18.1 Å². The van der Waals surface area contributed by atoms with E-state index >= 15 is 0 Å². The highest BCUT2D eigenvalue weighted by Crippen LogP contribution is 2.27. The molecule has 31 heavy (non-hydrogen) atoms. The Morgan fingerprint density at radius 3 is 2.68 bits per heavy atom. The van der Waals surface area contributed by atoms with Crippen LogP contribution in [-0.4, -0.2) is 47.0 Å². The summed E-state index contributed by atoms with van der Waals surface area (Å²) >= 11 is 0. The third-order valence-corrected chi connectivity index (χ3v) is 5.60. The Morgan fingerprint density at radius 2 is 1.97 bits per heavy atom. The number of benzene rings is 1. The van der Waals surface area contributed by atoms with Crippen molar-refractivity contribution in [1.82, 2.24) is 15.0 Å². The molecule has 0 aliphatic carbocycles. The van der Waals surface area contributed by atoms with Crippen molar-refractivity contribution >= 4 is 17.3 Å². The summed E-state index contributed by atoms with van der Waals surface area (Å²) in [5, 5.41) is 0. The molecule has 3 aromatic rings. The van der Waals surface area contributed by atoms with E-state index in [-0.39, 0.29) is 29.8 Å². The Morgan fingerprint density at radius 1 is 1.19 bits per heavy atom. The standard InChI is InChI=1S/C24H27N5O2/c1-3-4-16-5-7-17(8-6-16)20-13-27-24(25)23(28-20)22(30)11-18-12-26-10-9-21(18)29-14-19(15-29)31-2/h5-10,12-13,19H,3-4,11,14-15H2,1-2H3,(H2,25,27). The summed E-state index contributed by atoms with van der Waals surface area (Å²) in [6, 6.07) is 10.1. The van der Waals surface area contributed by atoms with E-state index < -0.39 is 0 Å². The number of nitrogens with two attached hydrogens (primary N) is 1. The van der Waals surface area contributed by atoms with Crippen LogP contribution in [0.25, 0.3) is 11.3 Å². The van der Waals surface area contributed by atoms with Gasteiger partial charge in [0.25, 0.3) is 0 Å². The second-order valence-corrected chi connectivity index (χ2v) is 7.80. The molecule has 0 bridgehead atoms. The molecule has 3 heterocycles. The number of aromatic nitrogens is 3. The Bertz CT molecular complexity index is 1060. The van der Waals surface area contributed by atoms with Gasteiger partial charge < -0.3 is 15.4 Å². The minimum absolute atomic E-state index is 0.144. The van der Waals surface area contributed by atoms with Gasteiger partial charge in [-0.2, -0.15) is 0 Å². The maximum absolute atomic E-state index is 13.1. The first-order valence-electron chi connectivity index (χ1n) is 10.5. The number of aryl methyl sites for hydroxylation is 1. The highest BCUT2D eigenvalue weighted by Gasteiger charge is 2.28. The number of methoxy groups -OCH3 is 1. The van der Waals surface area contributed by atoms with Crippen LogP contribution in [0.4, 0.5) is 11.5 Å². The molecule has 0 amide bonds. The van der Waals surface area contributed by atoms with E-state index in [1.54, 1.807) is 25.7 Å². The monoisotopic (exact) mass is 417 g/mol. The maximum atomic E-state index is 13.1. The van der Waals surface area contributed by atoms with E-state index in [2.05, 4.69) is 38.9 Å². The molecule has 2 aromatic heterocycles. The average molecular weight is 418 g/mol. The fourth-order valence-corrected chi connectivity index (χ4v) is 3.78. The molecular formula is C24H27N5O2. The molecule has 7 nitrogen and oxygen atoms in total. The number of pyridine rings is 1. The summed E-state index contributed by atoms with van der Waals surface area (Å²) in [4.78, 5) is 28.3. The molecule has 1 aliphatic heterocycles. The van der Waals surface area contributed by atoms with Gasteiger partial charge in [0.05, 0.1) is 18.0 Å². The van der Waals surface area contributed by atoms with E-state index in [1.807, 2.05) is 18.2 Å². The number of hydrogen-bond acceptors (Lipinski definition) is 7. The molecule has 1 fully saturated rings. The second kappa shape index (κ2) is 9.22. The molecule has 0 radical (unpaired) electrons. The van der Waals surface area contributed by atoms with Gasteiger partial charge in [-0.1, -0.05) is 37.6 Å². The number of nitrogen functional groups attached to an aromatic ring is 1. The molecule has 0 saturated carbocycles. The largest absolute Gasteiger partial charge is 0.382 e. The smallest absolute Gasteiger partial charge is 0.189 e. The highest BCUT2D eigenvalue weighted by atomic mass is 16.5. The predicted molar refractivity (Wildman–Crippen MR) is 121 cm³/mol. The number of carbonyl (C=O) groups excluding carboxylic acids is 1. The summed E-state index contributed by atoms with van der Waals surface area (Å²) in [6.07, 6.45) is 7.59. The fourth-order valence-electron chi connectivity index (χ4n) is 3.78. The first kappa shape index (κ1) is 20.9. The van der Waals surface area contributed by atoms with Crippen LogP contribution in [0, 0.1) is 0 Å². The Labute approximate surface area is 182 Å². The summed E-state index contributed by atoms with van der Waals surface area (Å²) in [7, 11) is 1.71. The number of ketones is 1. The van der Waals surface area contributed by atoms with Gasteiger partial charge in [0.1, 0.15) is 5.69 Å². The van der Waals surface area contributed by atoms with Crippen LogP contribution < -0.4 is 10.6 Å². The van der Waals surface area contributed by atoms with Crippen molar-refractivity contribution in [3.63, 3.8) is 0 Å². The van der Waals surface area contributed by atoms with Crippen LogP contribution in [0.1, 0.15) is 35.0 Å². The Hall–Kier alpha value is -3.32. The summed E-state index contributed by atoms with van der Waals surface area (Å²) < 4.78 is 5.36. The molecule has 1 aliphatic rings. The minimum atomic E-state index is -0.174. The number of anilines is 2. The predicted octanol–water partition coefficient (Wildman–Crippen LogP) is 3.33. The van der Waals surface area contributed by atoms with Crippen LogP contribution in [0.15, 0.2) is 48.9 Å². The van der Waals surface area contributed by atoms with Crippen molar-refractivity contribution in [2.24, 2.45) is 0 Å². The number of carbonyl (C=O) groups is 1. The van der Waals surface area contributed by atoms with E-state index in [0.717, 1.165) is 42.7 Å². The topological polar surface area (TPSA) is 94.2 Å². The maximum Gasteiger partial charge on any atom is 0.189 e. The van der Waals surface area contributed by atoms with Crippen molar-refractivity contribution in [3.8, 4) is 11.3 Å². The molecule has 7 heteroatoms. The van der Waals surface area contributed by atoms with Crippen LogP contribution >= 0.6 is 0 Å². The number of ether oxygens (including phenoxy) is 1. The quantitative estimate of drug-likeness (QED) is 0.562. The average Bonchev–Trinajstić information content (AvgIpc) is 2.75. The van der Waals surface area contributed by atoms with Crippen LogP contribution in [0.5, 0.6) is 0 Å². The molecule has 1 saturated heterocycles. The van der Waals surface area contributed by atoms with Crippen LogP contribution in [0.3, 0.4) is 0 Å². The summed E-state index contributed by atoms with van der Waals surface area (Å²) in [5.74, 6) is -0.0299. The van der Waals surface area contributed by atoms with E-state index in [1.165, 1.54) is 5.56 Å². The van der Waals surface area contributed by atoms with Crippen molar-refractivity contribution in [3.05, 3.63) is 65.7 Å². The molecule has 0 atom stereocenters. The van der Waals surface area contributed by atoms with E-state index in [0.29, 0.717) is 5.69 Å². The summed E-state index contributed by atoms with van der Waals surface area (Å²) in [6.45, 7) is 3.75. The van der Waals surface area contributed by atoms with Gasteiger partial charge in [0, 0.05) is 55.8 Å². The zero-order valence-electron chi connectivity index (χ0n) is 17.9. The van der Waals surface area contributed by atoms with Crippen molar-refractivity contribution in [1.29, 1.82) is 0 Å². The van der Waals surface area contributed by atoms with Gasteiger partial charge in [-0.25, -0.2) is 9.97 Å². The van der Waals surface area contributed by atoms with Crippen molar-refractivity contribution < 1.29 is 9.53 Å². The summed E-state index contributed by atoms with van der Waals surface area (Å²) in [5.41, 5.74) is 10.9. The van der Waals surface area contributed by atoms with Crippen molar-refractivity contribution in [2.75, 3.05) is 30.8 Å². The Kier molecular flexibility index (Phi) is 6.23. The zero-order chi connectivity index (χ0) is 21.8. The number of nitrogens with zero attached hydrogens (tertiary/aromatic N) is 4. The molecule has 1 aromatic carbocycles. The SMILES string of the molecule is CCCc1ccc(-c2cnc(N)c(C(=O)Cc3cnccc3N3CC(OC)C3)n2)cc1. The van der Waals surface area contributed by atoms with E-state index in [4.69, 9.17) is 10.5 Å². The number of Topliss-reactive ketones (excluding diaryl/α,β-unsaturated/α-hetero) is 1. The zero-order valence-corrected chi connectivity index (χ0v) is 17.9. The second-order valence-electron chi connectivity index (χ2n) is 7.80. The normalized spacial score (nSPS) is 13.8. The Balaban J connectivity index is 1.55. The highest BCUT2D eigenvalue weighted by molar-refractivity contribution is 6.00. The third kappa shape index (κ3) is 4.56. The first-order valence-corrected chi connectivity index (χ1v) is 10.5.